The summed E-state index contributed by atoms with van der Waals surface area (Å²) in [6.45, 7) is 1.91. The lowest BCUT2D eigenvalue weighted by Crippen LogP contribution is -2.02. The predicted molar refractivity (Wildman–Crippen MR) is 84.9 cm³/mol. The number of hydrogen-bond donors (Lipinski definition) is 1. The first-order valence-electron chi connectivity index (χ1n) is 7.00. The van der Waals surface area contributed by atoms with E-state index in [2.05, 4.69) is 17.1 Å². The lowest BCUT2D eigenvalue weighted by Gasteiger charge is -2.14. The Kier molecular flexibility index (Phi) is 3.80. The number of rotatable bonds is 3. The zero-order chi connectivity index (χ0) is 14.7. The molecule has 1 N–H and O–H groups in total. The average Bonchev–Trinajstić information content (AvgIpc) is 2.56. The van der Waals surface area contributed by atoms with Crippen LogP contribution in [0, 0.1) is 6.92 Å². The van der Waals surface area contributed by atoms with E-state index in [1.165, 1.54) is 5.56 Å². The van der Waals surface area contributed by atoms with Crippen LogP contribution in [0.2, 0.25) is 0 Å². The van der Waals surface area contributed by atoms with Gasteiger partial charge in [-0.15, -0.1) is 0 Å². The molecule has 0 aliphatic rings. The number of aryl methyl sites for hydroxylation is 1. The molecule has 3 rings (SSSR count). The van der Waals surface area contributed by atoms with Crippen LogP contribution < -0.4 is 0 Å². The highest BCUT2D eigenvalue weighted by atomic mass is 16.3. The van der Waals surface area contributed by atoms with Gasteiger partial charge >= 0.3 is 0 Å². The Morgan fingerprint density at radius 1 is 0.810 bits per heavy atom. The zero-order valence-corrected chi connectivity index (χ0v) is 11.9. The van der Waals surface area contributed by atoms with Crippen molar-refractivity contribution >= 4 is 0 Å². The second-order valence-electron chi connectivity index (χ2n) is 5.07. The Morgan fingerprint density at radius 2 is 1.48 bits per heavy atom. The summed E-state index contributed by atoms with van der Waals surface area (Å²) in [5.74, 6) is 0. The summed E-state index contributed by atoms with van der Waals surface area (Å²) in [4.78, 5) is 4.23. The van der Waals surface area contributed by atoms with Gasteiger partial charge in [-0.1, -0.05) is 60.7 Å². The van der Waals surface area contributed by atoms with Crippen molar-refractivity contribution < 1.29 is 5.11 Å². The number of hydrogen-bond acceptors (Lipinski definition) is 2. The van der Waals surface area contributed by atoms with Gasteiger partial charge in [0.15, 0.2) is 0 Å². The SMILES string of the molecule is Cc1ncccc1C(O)c1ccc(-c2ccccc2)cc1. The van der Waals surface area contributed by atoms with Gasteiger partial charge in [-0.25, -0.2) is 0 Å². The molecular weight excluding hydrogens is 258 g/mol. The standard InChI is InChI=1S/C19H17NO/c1-14-18(8-5-13-20-14)19(21)17-11-9-16(10-12-17)15-6-3-2-4-7-15/h2-13,19,21H,1H3. The van der Waals surface area contributed by atoms with E-state index in [-0.39, 0.29) is 0 Å². The van der Waals surface area contributed by atoms with Crippen LogP contribution in [-0.2, 0) is 0 Å². The summed E-state index contributed by atoms with van der Waals surface area (Å²) < 4.78 is 0. The van der Waals surface area contributed by atoms with Gasteiger partial charge in [-0.3, -0.25) is 4.98 Å². The average molecular weight is 275 g/mol. The molecule has 0 aliphatic carbocycles. The third-order valence-corrected chi connectivity index (χ3v) is 3.68. The number of aromatic nitrogens is 1. The first kappa shape index (κ1) is 13.5. The minimum Gasteiger partial charge on any atom is -0.384 e. The number of pyridine rings is 1. The molecule has 1 atom stereocenters. The zero-order valence-electron chi connectivity index (χ0n) is 11.9. The molecule has 2 heteroatoms. The molecule has 2 aromatic carbocycles. The smallest absolute Gasteiger partial charge is 0.106 e. The number of aliphatic hydroxyl groups excluding tert-OH is 1. The van der Waals surface area contributed by atoms with Crippen molar-refractivity contribution in [1.29, 1.82) is 0 Å². The van der Waals surface area contributed by atoms with Crippen LogP contribution in [0.15, 0.2) is 72.9 Å². The van der Waals surface area contributed by atoms with Crippen molar-refractivity contribution in [2.24, 2.45) is 0 Å². The minimum atomic E-state index is -0.636. The van der Waals surface area contributed by atoms with E-state index in [1.54, 1.807) is 6.20 Å². The molecule has 0 aliphatic heterocycles. The molecule has 0 saturated carbocycles. The van der Waals surface area contributed by atoms with Crippen molar-refractivity contribution in [1.82, 2.24) is 4.98 Å². The molecule has 0 radical (unpaired) electrons. The lowest BCUT2D eigenvalue weighted by atomic mass is 9.97. The molecule has 21 heavy (non-hydrogen) atoms. The molecule has 2 nitrogen and oxygen atoms in total. The van der Waals surface area contributed by atoms with Crippen LogP contribution in [-0.4, -0.2) is 10.1 Å². The Hall–Kier alpha value is -2.45. The van der Waals surface area contributed by atoms with E-state index in [1.807, 2.05) is 61.5 Å². The third kappa shape index (κ3) is 2.86. The Bertz CT molecular complexity index is 720. The van der Waals surface area contributed by atoms with Crippen molar-refractivity contribution in [2.45, 2.75) is 13.0 Å². The van der Waals surface area contributed by atoms with Crippen LogP contribution in [0.25, 0.3) is 11.1 Å². The van der Waals surface area contributed by atoms with Crippen molar-refractivity contribution in [3.05, 3.63) is 89.7 Å². The van der Waals surface area contributed by atoms with Crippen LogP contribution in [0.5, 0.6) is 0 Å². The van der Waals surface area contributed by atoms with E-state index in [9.17, 15) is 5.11 Å². The molecule has 0 saturated heterocycles. The molecule has 0 amide bonds. The van der Waals surface area contributed by atoms with Gasteiger partial charge in [-0.2, -0.15) is 0 Å². The lowest BCUT2D eigenvalue weighted by molar-refractivity contribution is 0.219. The Morgan fingerprint density at radius 3 is 2.14 bits per heavy atom. The fourth-order valence-corrected chi connectivity index (χ4v) is 2.45. The topological polar surface area (TPSA) is 33.1 Å². The molecule has 1 aromatic heterocycles. The van der Waals surface area contributed by atoms with Gasteiger partial charge in [0, 0.05) is 17.5 Å². The molecule has 0 fully saturated rings. The van der Waals surface area contributed by atoms with Gasteiger partial charge < -0.3 is 5.11 Å². The van der Waals surface area contributed by atoms with Gasteiger partial charge in [0.05, 0.1) is 0 Å². The molecule has 0 bridgehead atoms. The number of nitrogens with zero attached hydrogens (tertiary/aromatic N) is 1. The Balaban J connectivity index is 1.89. The number of aliphatic hydroxyl groups is 1. The van der Waals surface area contributed by atoms with Crippen LogP contribution in [0.4, 0.5) is 0 Å². The highest BCUT2D eigenvalue weighted by Gasteiger charge is 2.13. The second-order valence-corrected chi connectivity index (χ2v) is 5.07. The van der Waals surface area contributed by atoms with E-state index < -0.39 is 6.10 Å². The summed E-state index contributed by atoms with van der Waals surface area (Å²) in [6, 6.07) is 22.0. The van der Waals surface area contributed by atoms with E-state index in [0.717, 1.165) is 22.4 Å². The third-order valence-electron chi connectivity index (χ3n) is 3.68. The summed E-state index contributed by atoms with van der Waals surface area (Å²) >= 11 is 0. The predicted octanol–water partition coefficient (Wildman–Crippen LogP) is 4.14. The minimum absolute atomic E-state index is 0.636. The largest absolute Gasteiger partial charge is 0.384 e. The van der Waals surface area contributed by atoms with Crippen molar-refractivity contribution in [2.75, 3.05) is 0 Å². The quantitative estimate of drug-likeness (QED) is 0.779. The second kappa shape index (κ2) is 5.90. The first-order valence-corrected chi connectivity index (χ1v) is 7.00. The monoisotopic (exact) mass is 275 g/mol. The van der Waals surface area contributed by atoms with Crippen molar-refractivity contribution in [3.8, 4) is 11.1 Å². The molecule has 1 heterocycles. The van der Waals surface area contributed by atoms with Crippen LogP contribution in [0.1, 0.15) is 22.9 Å². The maximum Gasteiger partial charge on any atom is 0.106 e. The van der Waals surface area contributed by atoms with Crippen molar-refractivity contribution in [3.63, 3.8) is 0 Å². The highest BCUT2D eigenvalue weighted by Crippen LogP contribution is 2.26. The van der Waals surface area contributed by atoms with Gasteiger partial charge in [0.25, 0.3) is 0 Å². The number of benzene rings is 2. The normalized spacial score (nSPS) is 12.1. The Labute approximate surface area is 124 Å². The van der Waals surface area contributed by atoms with E-state index in [0.29, 0.717) is 0 Å². The maximum absolute atomic E-state index is 10.5. The maximum atomic E-state index is 10.5. The summed E-state index contributed by atoms with van der Waals surface area (Å²) in [7, 11) is 0. The summed E-state index contributed by atoms with van der Waals surface area (Å²) in [6.07, 6.45) is 1.10. The van der Waals surface area contributed by atoms with Gasteiger partial charge in [0.2, 0.25) is 0 Å². The molecule has 1 unspecified atom stereocenters. The first-order chi connectivity index (χ1) is 10.3. The molecule has 3 aromatic rings. The highest BCUT2D eigenvalue weighted by molar-refractivity contribution is 5.63. The van der Waals surface area contributed by atoms with E-state index >= 15 is 0 Å². The molecule has 104 valence electrons. The summed E-state index contributed by atoms with van der Waals surface area (Å²) in [5, 5.41) is 10.5. The molecule has 0 spiro atoms. The van der Waals surface area contributed by atoms with Gasteiger partial charge in [-0.05, 0) is 29.7 Å². The molecular formula is C19H17NO. The fraction of sp³-hybridized carbons (Fsp3) is 0.105. The fourth-order valence-electron chi connectivity index (χ4n) is 2.45. The van der Waals surface area contributed by atoms with Crippen LogP contribution in [0.3, 0.4) is 0 Å². The van der Waals surface area contributed by atoms with E-state index in [4.69, 9.17) is 0 Å². The summed E-state index contributed by atoms with van der Waals surface area (Å²) in [5.41, 5.74) is 4.92. The van der Waals surface area contributed by atoms with Crippen LogP contribution >= 0.6 is 0 Å². The van der Waals surface area contributed by atoms with Gasteiger partial charge in [0.1, 0.15) is 6.10 Å².